The average Bonchev–Trinajstić information content (AvgIpc) is 2.70. The number of rotatable bonds is 3. The van der Waals surface area contributed by atoms with Crippen molar-refractivity contribution >= 4 is 21.7 Å². The molecule has 1 aromatic rings. The summed E-state index contributed by atoms with van der Waals surface area (Å²) in [6.45, 7) is 3.65. The van der Waals surface area contributed by atoms with Crippen LogP contribution >= 0.6 is 15.9 Å². The third kappa shape index (κ3) is 2.20. The Labute approximate surface area is 104 Å². The fourth-order valence-electron chi connectivity index (χ4n) is 2.09. The lowest BCUT2D eigenvalue weighted by molar-refractivity contribution is 0.0915. The van der Waals surface area contributed by atoms with Crippen LogP contribution in [0.25, 0.3) is 0 Å². The molecule has 1 unspecified atom stereocenters. The maximum absolute atomic E-state index is 12.3. The highest BCUT2D eigenvalue weighted by molar-refractivity contribution is 9.10. The number of carbonyl (C=O) groups is 1. The van der Waals surface area contributed by atoms with Gasteiger partial charge in [0.05, 0.1) is 16.7 Å². The standard InChI is InChI=1S/C11H16BrN3O/c1-2-15-10(8(12)7-14-15)11(16)9-5-3-4-6-13-9/h7,9,13H,2-6H2,1H3. The van der Waals surface area contributed by atoms with E-state index in [1.807, 2.05) is 6.92 Å². The van der Waals surface area contributed by atoms with Crippen molar-refractivity contribution in [3.05, 3.63) is 16.4 Å². The molecule has 1 saturated heterocycles. The Balaban J connectivity index is 2.21. The number of hydrogen-bond acceptors (Lipinski definition) is 3. The normalized spacial score (nSPS) is 21.0. The summed E-state index contributed by atoms with van der Waals surface area (Å²) in [5.41, 5.74) is 0.696. The largest absolute Gasteiger partial charge is 0.307 e. The molecule has 88 valence electrons. The Hall–Kier alpha value is -0.680. The number of ketones is 1. The van der Waals surface area contributed by atoms with Crippen LogP contribution in [0.2, 0.25) is 0 Å². The predicted octanol–water partition coefficient (Wildman–Crippen LogP) is 1.99. The van der Waals surface area contributed by atoms with E-state index in [4.69, 9.17) is 0 Å². The fourth-order valence-corrected chi connectivity index (χ4v) is 2.58. The van der Waals surface area contributed by atoms with E-state index in [1.165, 1.54) is 0 Å². The molecule has 1 fully saturated rings. The number of nitrogens with zero attached hydrogens (tertiary/aromatic N) is 2. The molecule has 0 aliphatic carbocycles. The van der Waals surface area contributed by atoms with Crippen LogP contribution in [-0.2, 0) is 6.54 Å². The maximum atomic E-state index is 12.3. The van der Waals surface area contributed by atoms with E-state index in [0.717, 1.165) is 36.8 Å². The Bertz CT molecular complexity index is 383. The SMILES string of the molecule is CCn1ncc(Br)c1C(=O)C1CCCCN1. The molecule has 0 saturated carbocycles. The van der Waals surface area contributed by atoms with E-state index in [0.29, 0.717) is 5.69 Å². The monoisotopic (exact) mass is 285 g/mol. The van der Waals surface area contributed by atoms with Crippen molar-refractivity contribution in [3.63, 3.8) is 0 Å². The van der Waals surface area contributed by atoms with Gasteiger partial charge in [0.25, 0.3) is 0 Å². The number of aryl methyl sites for hydroxylation is 1. The van der Waals surface area contributed by atoms with Gasteiger partial charge in [-0.2, -0.15) is 5.10 Å². The van der Waals surface area contributed by atoms with Gasteiger partial charge in [-0.05, 0) is 42.2 Å². The smallest absolute Gasteiger partial charge is 0.198 e. The molecule has 0 bridgehead atoms. The third-order valence-corrected chi connectivity index (χ3v) is 3.53. The molecule has 2 rings (SSSR count). The van der Waals surface area contributed by atoms with Crippen molar-refractivity contribution in [1.29, 1.82) is 0 Å². The van der Waals surface area contributed by atoms with Crippen molar-refractivity contribution in [3.8, 4) is 0 Å². The van der Waals surface area contributed by atoms with Crippen molar-refractivity contribution in [2.24, 2.45) is 0 Å². The summed E-state index contributed by atoms with van der Waals surface area (Å²) < 4.78 is 2.55. The number of halogens is 1. The number of aromatic nitrogens is 2. The minimum absolute atomic E-state index is 0.0351. The van der Waals surface area contributed by atoms with Gasteiger partial charge in [0.2, 0.25) is 0 Å². The van der Waals surface area contributed by atoms with Crippen LogP contribution in [0.3, 0.4) is 0 Å². The average molecular weight is 286 g/mol. The number of Topliss-reactive ketones (excluding diaryl/α,β-unsaturated/α-hetero) is 1. The molecule has 0 radical (unpaired) electrons. The molecule has 0 aromatic carbocycles. The van der Waals surface area contributed by atoms with Gasteiger partial charge in [0.15, 0.2) is 5.78 Å². The zero-order valence-electron chi connectivity index (χ0n) is 9.37. The molecule has 5 heteroatoms. The fraction of sp³-hybridized carbons (Fsp3) is 0.636. The van der Waals surface area contributed by atoms with E-state index >= 15 is 0 Å². The summed E-state index contributed by atoms with van der Waals surface area (Å²) in [5.74, 6) is 0.158. The summed E-state index contributed by atoms with van der Waals surface area (Å²) >= 11 is 3.39. The highest BCUT2D eigenvalue weighted by atomic mass is 79.9. The lowest BCUT2D eigenvalue weighted by atomic mass is 9.99. The minimum Gasteiger partial charge on any atom is -0.307 e. The number of carbonyl (C=O) groups excluding carboxylic acids is 1. The van der Waals surface area contributed by atoms with Gasteiger partial charge in [0.1, 0.15) is 5.69 Å². The van der Waals surface area contributed by atoms with Gasteiger partial charge in [-0.1, -0.05) is 6.42 Å². The highest BCUT2D eigenvalue weighted by Gasteiger charge is 2.26. The summed E-state index contributed by atoms with van der Waals surface area (Å²) in [4.78, 5) is 12.3. The van der Waals surface area contributed by atoms with E-state index in [9.17, 15) is 4.79 Å². The van der Waals surface area contributed by atoms with E-state index in [1.54, 1.807) is 10.9 Å². The van der Waals surface area contributed by atoms with Gasteiger partial charge in [0, 0.05) is 6.54 Å². The second-order valence-electron chi connectivity index (χ2n) is 4.02. The van der Waals surface area contributed by atoms with E-state index < -0.39 is 0 Å². The molecule has 4 nitrogen and oxygen atoms in total. The maximum Gasteiger partial charge on any atom is 0.198 e. The van der Waals surface area contributed by atoms with Gasteiger partial charge >= 0.3 is 0 Å². The highest BCUT2D eigenvalue weighted by Crippen LogP contribution is 2.20. The van der Waals surface area contributed by atoms with Gasteiger partial charge in [-0.3, -0.25) is 9.48 Å². The molecular formula is C11H16BrN3O. The van der Waals surface area contributed by atoms with Crippen LogP contribution in [0.4, 0.5) is 0 Å². The lowest BCUT2D eigenvalue weighted by Crippen LogP contribution is -2.41. The molecule has 0 spiro atoms. The first-order valence-corrected chi connectivity index (χ1v) is 6.52. The molecule has 1 atom stereocenters. The molecular weight excluding hydrogens is 270 g/mol. The van der Waals surface area contributed by atoms with Crippen molar-refractivity contribution < 1.29 is 4.79 Å². The Morgan fingerprint density at radius 1 is 1.69 bits per heavy atom. The number of nitrogens with one attached hydrogen (secondary N) is 1. The zero-order chi connectivity index (χ0) is 11.5. The number of hydrogen-bond donors (Lipinski definition) is 1. The van der Waals surface area contributed by atoms with Gasteiger partial charge < -0.3 is 5.32 Å². The molecule has 2 heterocycles. The lowest BCUT2D eigenvalue weighted by Gasteiger charge is -2.22. The molecule has 16 heavy (non-hydrogen) atoms. The van der Waals surface area contributed by atoms with E-state index in [-0.39, 0.29) is 11.8 Å². The van der Waals surface area contributed by atoms with Crippen LogP contribution < -0.4 is 5.32 Å². The number of piperidine rings is 1. The Kier molecular flexibility index (Phi) is 3.76. The summed E-state index contributed by atoms with van der Waals surface area (Å²) in [6, 6.07) is -0.0351. The van der Waals surface area contributed by atoms with Crippen molar-refractivity contribution in [2.45, 2.75) is 38.8 Å². The molecule has 1 aliphatic heterocycles. The Morgan fingerprint density at radius 3 is 3.12 bits per heavy atom. The summed E-state index contributed by atoms with van der Waals surface area (Å²) in [7, 11) is 0. The Morgan fingerprint density at radius 2 is 2.50 bits per heavy atom. The van der Waals surface area contributed by atoms with Crippen LogP contribution in [0, 0.1) is 0 Å². The predicted molar refractivity (Wildman–Crippen MR) is 65.6 cm³/mol. The van der Waals surface area contributed by atoms with Crippen LogP contribution in [-0.4, -0.2) is 28.2 Å². The molecule has 0 amide bonds. The minimum atomic E-state index is -0.0351. The first-order valence-electron chi connectivity index (χ1n) is 5.73. The van der Waals surface area contributed by atoms with Crippen LogP contribution in [0.5, 0.6) is 0 Å². The summed E-state index contributed by atoms with van der Waals surface area (Å²) in [5, 5.41) is 7.45. The van der Waals surface area contributed by atoms with Crippen molar-refractivity contribution in [2.75, 3.05) is 6.54 Å². The van der Waals surface area contributed by atoms with Crippen LogP contribution in [0.1, 0.15) is 36.7 Å². The van der Waals surface area contributed by atoms with Gasteiger partial charge in [-0.15, -0.1) is 0 Å². The second-order valence-corrected chi connectivity index (χ2v) is 4.88. The molecule has 1 aromatic heterocycles. The third-order valence-electron chi connectivity index (χ3n) is 2.95. The molecule has 1 N–H and O–H groups in total. The first kappa shape index (κ1) is 11.8. The summed E-state index contributed by atoms with van der Waals surface area (Å²) in [6.07, 6.45) is 4.92. The quantitative estimate of drug-likeness (QED) is 0.864. The van der Waals surface area contributed by atoms with Gasteiger partial charge in [-0.25, -0.2) is 0 Å². The zero-order valence-corrected chi connectivity index (χ0v) is 11.0. The van der Waals surface area contributed by atoms with Crippen molar-refractivity contribution in [1.82, 2.24) is 15.1 Å². The molecule has 1 aliphatic rings. The van der Waals surface area contributed by atoms with E-state index in [2.05, 4.69) is 26.3 Å². The van der Waals surface area contributed by atoms with Crippen LogP contribution in [0.15, 0.2) is 10.7 Å². The first-order chi connectivity index (χ1) is 7.74. The topological polar surface area (TPSA) is 46.9 Å². The second kappa shape index (κ2) is 5.10.